The summed E-state index contributed by atoms with van der Waals surface area (Å²) in [5.41, 5.74) is 1.15. The first-order chi connectivity index (χ1) is 23.0. The van der Waals surface area contributed by atoms with E-state index in [0.717, 1.165) is 0 Å². The molecule has 1 aliphatic rings. The van der Waals surface area contributed by atoms with Crippen LogP contribution in [-0.2, 0) is 28.5 Å². The quantitative estimate of drug-likeness (QED) is 0.0809. The van der Waals surface area contributed by atoms with Gasteiger partial charge >= 0.3 is 11.9 Å². The minimum atomic E-state index is -0.996. The van der Waals surface area contributed by atoms with Crippen molar-refractivity contribution in [2.24, 2.45) is 0 Å². The van der Waals surface area contributed by atoms with E-state index in [9.17, 15) is 24.8 Å². The molecule has 0 saturated heterocycles. The number of rotatable bonds is 20. The number of non-ortho nitro benzene ring substituents is 1. The van der Waals surface area contributed by atoms with Crippen LogP contribution in [0.4, 0.5) is 5.69 Å². The highest BCUT2D eigenvalue weighted by Crippen LogP contribution is 2.40. The number of carbonyl (C=O) groups is 2. The molecule has 2 aromatic rings. The Balaban J connectivity index is 1.54. The van der Waals surface area contributed by atoms with Crippen LogP contribution in [0.1, 0.15) is 39.2 Å². The number of nitro benzene ring substituents is 1. The SMILES string of the molecule is CCOC(=O)C1=C(COCCOCCOc2ccc(OCC(O)CNC(C)C)cc2)NC(C)=C(C(=O)OC)C1c1cccc([N+](=O)[O-])c1. The van der Waals surface area contributed by atoms with Crippen molar-refractivity contribution in [1.82, 2.24) is 10.6 Å². The summed E-state index contributed by atoms with van der Waals surface area (Å²) >= 11 is 0. The van der Waals surface area contributed by atoms with E-state index in [4.69, 9.17) is 28.4 Å². The first-order valence-corrected chi connectivity index (χ1v) is 15.7. The summed E-state index contributed by atoms with van der Waals surface area (Å²) in [6, 6.07) is 13.1. The number of aliphatic hydroxyl groups excluding tert-OH is 1. The molecule has 0 saturated carbocycles. The molecule has 3 rings (SSSR count). The average molecular weight is 672 g/mol. The van der Waals surface area contributed by atoms with Crippen molar-refractivity contribution < 1.29 is 48.0 Å². The summed E-state index contributed by atoms with van der Waals surface area (Å²) in [5.74, 6) is -1.12. The Hall–Kier alpha value is -4.50. The van der Waals surface area contributed by atoms with Crippen LogP contribution in [0.25, 0.3) is 0 Å². The molecule has 14 heteroatoms. The number of dihydropyridines is 1. The van der Waals surface area contributed by atoms with Crippen molar-refractivity contribution in [3.63, 3.8) is 0 Å². The van der Waals surface area contributed by atoms with Gasteiger partial charge in [-0.05, 0) is 43.7 Å². The van der Waals surface area contributed by atoms with E-state index >= 15 is 0 Å². The number of methoxy groups -OCH3 is 1. The summed E-state index contributed by atoms with van der Waals surface area (Å²) in [5, 5.41) is 27.7. The van der Waals surface area contributed by atoms with Gasteiger partial charge in [0.1, 0.15) is 30.8 Å². The number of nitrogens with one attached hydrogen (secondary N) is 2. The lowest BCUT2D eigenvalue weighted by Gasteiger charge is -2.31. The molecule has 48 heavy (non-hydrogen) atoms. The van der Waals surface area contributed by atoms with Crippen LogP contribution in [0.3, 0.4) is 0 Å². The maximum Gasteiger partial charge on any atom is 0.336 e. The van der Waals surface area contributed by atoms with Gasteiger partial charge in [-0.1, -0.05) is 26.0 Å². The maximum atomic E-state index is 13.3. The minimum Gasteiger partial charge on any atom is -0.491 e. The molecule has 0 radical (unpaired) electrons. The average Bonchev–Trinajstić information content (AvgIpc) is 3.07. The molecule has 262 valence electrons. The first kappa shape index (κ1) is 38.0. The number of carbonyl (C=O) groups excluding carboxylic acids is 2. The molecular formula is C34H45N3O11. The second kappa shape index (κ2) is 19.4. The van der Waals surface area contributed by atoms with Crippen molar-refractivity contribution in [3.8, 4) is 11.5 Å². The van der Waals surface area contributed by atoms with E-state index in [0.29, 0.717) is 48.2 Å². The molecule has 0 bridgehead atoms. The number of aliphatic hydroxyl groups is 1. The molecule has 0 amide bonds. The van der Waals surface area contributed by atoms with Gasteiger partial charge in [-0.15, -0.1) is 0 Å². The molecule has 0 aromatic heterocycles. The van der Waals surface area contributed by atoms with Gasteiger partial charge in [-0.3, -0.25) is 10.1 Å². The van der Waals surface area contributed by atoms with Crippen LogP contribution in [0.2, 0.25) is 0 Å². The predicted molar refractivity (Wildman–Crippen MR) is 176 cm³/mol. The van der Waals surface area contributed by atoms with Crippen LogP contribution >= 0.6 is 0 Å². The molecule has 14 nitrogen and oxygen atoms in total. The summed E-state index contributed by atoms with van der Waals surface area (Å²) in [4.78, 5) is 37.1. The van der Waals surface area contributed by atoms with E-state index in [1.165, 1.54) is 25.3 Å². The lowest BCUT2D eigenvalue weighted by atomic mass is 9.80. The van der Waals surface area contributed by atoms with E-state index in [1.807, 2.05) is 13.8 Å². The van der Waals surface area contributed by atoms with Crippen molar-refractivity contribution in [2.45, 2.75) is 45.8 Å². The Morgan fingerprint density at radius 3 is 2.29 bits per heavy atom. The van der Waals surface area contributed by atoms with Crippen LogP contribution < -0.4 is 20.1 Å². The fourth-order valence-electron chi connectivity index (χ4n) is 4.86. The zero-order valence-electron chi connectivity index (χ0n) is 28.0. The Morgan fingerprint density at radius 2 is 1.65 bits per heavy atom. The van der Waals surface area contributed by atoms with Gasteiger partial charge in [0.25, 0.3) is 5.69 Å². The van der Waals surface area contributed by atoms with Crippen molar-refractivity contribution in [3.05, 3.63) is 86.7 Å². The van der Waals surface area contributed by atoms with Gasteiger partial charge in [0, 0.05) is 30.4 Å². The molecular weight excluding hydrogens is 626 g/mol. The zero-order chi connectivity index (χ0) is 35.1. The van der Waals surface area contributed by atoms with Crippen LogP contribution in [0.5, 0.6) is 11.5 Å². The standard InChI is InChI=1S/C34H45N3O11/c1-6-46-34(40)32-29(36-23(4)30(33(39)43-5)31(32)24-8-7-9-25(18-24)37(41)42)21-45-15-14-44-16-17-47-27-10-12-28(13-11-27)48-20-26(38)19-35-22(2)3/h7-13,18,22,26,31,35-36,38H,6,14-17,19-21H2,1-5H3. The Bertz CT molecular complexity index is 1440. The van der Waals surface area contributed by atoms with Crippen LogP contribution in [-0.4, -0.2) is 94.0 Å². The smallest absolute Gasteiger partial charge is 0.336 e. The number of nitro groups is 1. The second-order valence-electron chi connectivity index (χ2n) is 11.1. The highest BCUT2D eigenvalue weighted by Gasteiger charge is 2.39. The number of hydrogen-bond donors (Lipinski definition) is 3. The minimum absolute atomic E-state index is 0.0507. The number of esters is 2. The molecule has 0 spiro atoms. The number of hydrogen-bond acceptors (Lipinski definition) is 13. The van der Waals surface area contributed by atoms with Crippen molar-refractivity contribution >= 4 is 17.6 Å². The third-order valence-corrected chi connectivity index (χ3v) is 7.10. The Labute approximate surface area is 280 Å². The molecule has 1 heterocycles. The lowest BCUT2D eigenvalue weighted by Crippen LogP contribution is -2.35. The van der Waals surface area contributed by atoms with Crippen LogP contribution in [0.15, 0.2) is 71.1 Å². The second-order valence-corrected chi connectivity index (χ2v) is 11.1. The summed E-state index contributed by atoms with van der Waals surface area (Å²) < 4.78 is 33.1. The number of benzene rings is 2. The lowest BCUT2D eigenvalue weighted by molar-refractivity contribution is -0.384. The number of nitrogens with zero attached hydrogens (tertiary/aromatic N) is 1. The van der Waals surface area contributed by atoms with Crippen molar-refractivity contribution in [2.75, 3.05) is 59.9 Å². The Morgan fingerprint density at radius 1 is 0.979 bits per heavy atom. The molecule has 1 aliphatic heterocycles. The summed E-state index contributed by atoms with van der Waals surface area (Å²) in [6.45, 7) is 8.98. The summed E-state index contributed by atoms with van der Waals surface area (Å²) in [6.07, 6.45) is -0.613. The highest BCUT2D eigenvalue weighted by molar-refractivity contribution is 6.00. The Kier molecular flexibility index (Phi) is 15.3. The monoisotopic (exact) mass is 671 g/mol. The van der Waals surface area contributed by atoms with Gasteiger partial charge in [-0.25, -0.2) is 9.59 Å². The fraction of sp³-hybridized carbons (Fsp3) is 0.471. The number of allylic oxidation sites excluding steroid dienone is 1. The van der Waals surface area contributed by atoms with E-state index in [1.54, 1.807) is 44.2 Å². The third-order valence-electron chi connectivity index (χ3n) is 7.10. The summed E-state index contributed by atoms with van der Waals surface area (Å²) in [7, 11) is 1.22. The van der Waals surface area contributed by atoms with Crippen molar-refractivity contribution in [1.29, 1.82) is 0 Å². The van der Waals surface area contributed by atoms with Gasteiger partial charge in [0.05, 0.1) is 67.8 Å². The molecule has 2 unspecified atom stereocenters. The first-order valence-electron chi connectivity index (χ1n) is 15.7. The van der Waals surface area contributed by atoms with Gasteiger partial charge in [-0.2, -0.15) is 0 Å². The number of ether oxygens (including phenoxy) is 6. The zero-order valence-corrected chi connectivity index (χ0v) is 28.0. The molecule has 3 N–H and O–H groups in total. The van der Waals surface area contributed by atoms with Gasteiger partial charge in [0.15, 0.2) is 0 Å². The van der Waals surface area contributed by atoms with Gasteiger partial charge < -0.3 is 44.2 Å². The van der Waals surface area contributed by atoms with E-state index < -0.39 is 28.9 Å². The van der Waals surface area contributed by atoms with E-state index in [2.05, 4.69) is 10.6 Å². The molecule has 0 aliphatic carbocycles. The predicted octanol–water partition coefficient (Wildman–Crippen LogP) is 3.40. The third kappa shape index (κ3) is 11.3. The molecule has 2 atom stereocenters. The van der Waals surface area contributed by atoms with Gasteiger partial charge in [0.2, 0.25) is 0 Å². The highest BCUT2D eigenvalue weighted by atomic mass is 16.6. The normalized spacial score (nSPS) is 15.2. The fourth-order valence-corrected chi connectivity index (χ4v) is 4.86. The molecule has 0 fully saturated rings. The topological polar surface area (TPSA) is 177 Å². The van der Waals surface area contributed by atoms with Crippen LogP contribution in [0, 0.1) is 10.1 Å². The largest absolute Gasteiger partial charge is 0.491 e. The van der Waals surface area contributed by atoms with E-state index in [-0.39, 0.29) is 55.9 Å². The maximum absolute atomic E-state index is 13.3. The molecule has 2 aromatic carbocycles.